The molecule has 1 heterocycles. The van der Waals surface area contributed by atoms with Crippen LogP contribution in [0.3, 0.4) is 0 Å². The Kier molecular flexibility index (Phi) is 7.31. The first-order chi connectivity index (χ1) is 29.1. The molecule has 59 heavy (non-hydrogen) atoms. The lowest BCUT2D eigenvalue weighted by molar-refractivity contribution is 0.662. The minimum absolute atomic E-state index is 0.294. The van der Waals surface area contributed by atoms with Crippen molar-refractivity contribution < 1.29 is 4.42 Å². The number of benzene rings is 9. The first-order valence-corrected chi connectivity index (χ1v) is 20.5. The van der Waals surface area contributed by atoms with Crippen LogP contribution in [0.15, 0.2) is 223 Å². The zero-order valence-electron chi connectivity index (χ0n) is 32.6. The van der Waals surface area contributed by atoms with Crippen molar-refractivity contribution in [2.45, 2.75) is 17.8 Å². The Morgan fingerprint density at radius 2 is 0.847 bits per heavy atom. The Morgan fingerprint density at radius 3 is 1.49 bits per heavy atom. The summed E-state index contributed by atoms with van der Waals surface area (Å²) in [6, 6.07) is 79.9. The topological polar surface area (TPSA) is 16.4 Å². The third-order valence-corrected chi connectivity index (χ3v) is 13.2. The van der Waals surface area contributed by atoms with Crippen molar-refractivity contribution >= 4 is 39.0 Å². The number of hydrogen-bond donors (Lipinski definition) is 0. The molecular formula is C57H39NO. The maximum atomic E-state index is 6.72. The average molecular weight is 754 g/mol. The molecule has 0 atom stereocenters. The van der Waals surface area contributed by atoms with E-state index in [0.717, 1.165) is 39.0 Å². The van der Waals surface area contributed by atoms with Crippen molar-refractivity contribution in [3.05, 3.63) is 257 Å². The maximum absolute atomic E-state index is 6.72. The van der Waals surface area contributed by atoms with E-state index in [9.17, 15) is 0 Å². The largest absolute Gasteiger partial charge is 0.456 e. The van der Waals surface area contributed by atoms with E-state index in [4.69, 9.17) is 4.42 Å². The molecule has 0 amide bonds. The summed E-state index contributed by atoms with van der Waals surface area (Å²) < 4.78 is 6.72. The van der Waals surface area contributed by atoms with Gasteiger partial charge in [0.25, 0.3) is 0 Å². The van der Waals surface area contributed by atoms with Crippen LogP contribution >= 0.6 is 0 Å². The number of nitrogens with zero attached hydrogens (tertiary/aromatic N) is 1. The van der Waals surface area contributed by atoms with Crippen molar-refractivity contribution in [1.82, 2.24) is 0 Å². The molecule has 0 unspecified atom stereocenters. The molecule has 0 saturated heterocycles. The first kappa shape index (κ1) is 33.7. The van der Waals surface area contributed by atoms with Gasteiger partial charge >= 0.3 is 0 Å². The third kappa shape index (κ3) is 4.75. The second kappa shape index (κ2) is 12.8. The Morgan fingerprint density at radius 1 is 0.339 bits per heavy atom. The van der Waals surface area contributed by atoms with Crippen molar-refractivity contribution in [2.24, 2.45) is 0 Å². The van der Waals surface area contributed by atoms with Crippen LogP contribution < -0.4 is 4.90 Å². The SMILES string of the molecule is CC1(c2ccc3c(c2)oc2ccc(N(c4ccccc4)c4ccc5c(c4)C(c4ccccc4)(c4ccccc4)c4ccccc4-5)cc23)c2ccccc2-c2ccccc21. The number of rotatable bonds is 6. The van der Waals surface area contributed by atoms with E-state index in [0.29, 0.717) is 0 Å². The second-order valence-corrected chi connectivity index (χ2v) is 16.1. The van der Waals surface area contributed by atoms with Gasteiger partial charge in [-0.3, -0.25) is 0 Å². The van der Waals surface area contributed by atoms with Gasteiger partial charge < -0.3 is 9.32 Å². The minimum Gasteiger partial charge on any atom is -0.456 e. The van der Waals surface area contributed by atoms with Gasteiger partial charge in [-0.25, -0.2) is 0 Å². The van der Waals surface area contributed by atoms with Gasteiger partial charge in [0.15, 0.2) is 0 Å². The monoisotopic (exact) mass is 753 g/mol. The Hall–Kier alpha value is -7.42. The van der Waals surface area contributed by atoms with E-state index in [-0.39, 0.29) is 5.41 Å². The van der Waals surface area contributed by atoms with Crippen LogP contribution in [-0.4, -0.2) is 0 Å². The van der Waals surface area contributed by atoms with Crippen LogP contribution in [-0.2, 0) is 10.8 Å². The third-order valence-electron chi connectivity index (χ3n) is 13.2. The molecule has 0 aliphatic heterocycles. The highest BCUT2D eigenvalue weighted by molar-refractivity contribution is 6.07. The van der Waals surface area contributed by atoms with E-state index in [1.54, 1.807) is 0 Å². The number of furan rings is 1. The molecule has 0 radical (unpaired) electrons. The number of fused-ring (bicyclic) bond motifs is 9. The van der Waals surface area contributed by atoms with E-state index in [1.807, 2.05) is 0 Å². The minimum atomic E-state index is -0.494. The number of para-hydroxylation sites is 1. The normalized spacial score (nSPS) is 14.1. The molecule has 2 aliphatic carbocycles. The molecule has 0 spiro atoms. The fourth-order valence-corrected chi connectivity index (χ4v) is 10.6. The molecule has 0 saturated carbocycles. The van der Waals surface area contributed by atoms with Gasteiger partial charge in [-0.15, -0.1) is 0 Å². The van der Waals surface area contributed by atoms with Gasteiger partial charge in [0.05, 0.1) is 5.41 Å². The maximum Gasteiger partial charge on any atom is 0.135 e. The van der Waals surface area contributed by atoms with Crippen LogP contribution in [0.25, 0.3) is 44.2 Å². The quantitative estimate of drug-likeness (QED) is 0.168. The van der Waals surface area contributed by atoms with Crippen LogP contribution in [0.4, 0.5) is 17.1 Å². The summed E-state index contributed by atoms with van der Waals surface area (Å²) >= 11 is 0. The molecule has 1 aromatic heterocycles. The first-order valence-electron chi connectivity index (χ1n) is 20.5. The highest BCUT2D eigenvalue weighted by Crippen LogP contribution is 2.58. The Balaban J connectivity index is 1.04. The van der Waals surface area contributed by atoms with Gasteiger partial charge in [0.1, 0.15) is 11.2 Å². The smallest absolute Gasteiger partial charge is 0.135 e. The molecule has 2 aliphatic rings. The summed E-state index contributed by atoms with van der Waals surface area (Å²) in [7, 11) is 0. The summed E-state index contributed by atoms with van der Waals surface area (Å²) in [5.74, 6) is 0. The molecule has 0 bridgehead atoms. The molecule has 9 aromatic carbocycles. The van der Waals surface area contributed by atoms with Gasteiger partial charge in [-0.2, -0.15) is 0 Å². The Labute approximate surface area is 344 Å². The van der Waals surface area contributed by atoms with Gasteiger partial charge in [0, 0.05) is 33.2 Å². The van der Waals surface area contributed by atoms with Crippen LogP contribution in [0.2, 0.25) is 0 Å². The second-order valence-electron chi connectivity index (χ2n) is 16.1. The van der Waals surface area contributed by atoms with E-state index in [1.165, 1.54) is 61.2 Å². The van der Waals surface area contributed by atoms with E-state index < -0.39 is 5.41 Å². The van der Waals surface area contributed by atoms with E-state index >= 15 is 0 Å². The van der Waals surface area contributed by atoms with Gasteiger partial charge in [-0.05, 0) is 117 Å². The summed E-state index contributed by atoms with van der Waals surface area (Å²) in [5.41, 5.74) is 18.4. The number of anilines is 3. The predicted octanol–water partition coefficient (Wildman–Crippen LogP) is 14.8. The predicted molar refractivity (Wildman–Crippen MR) is 243 cm³/mol. The van der Waals surface area contributed by atoms with Crippen molar-refractivity contribution in [3.63, 3.8) is 0 Å². The highest BCUT2D eigenvalue weighted by Gasteiger charge is 2.46. The zero-order chi connectivity index (χ0) is 39.1. The van der Waals surface area contributed by atoms with Crippen molar-refractivity contribution in [3.8, 4) is 22.3 Å². The Bertz CT molecular complexity index is 3150. The molecule has 0 fully saturated rings. The molecule has 278 valence electrons. The fraction of sp³-hybridized carbons (Fsp3) is 0.0526. The van der Waals surface area contributed by atoms with Crippen LogP contribution in [0, 0.1) is 0 Å². The zero-order valence-corrected chi connectivity index (χ0v) is 32.6. The molecule has 10 aromatic rings. The van der Waals surface area contributed by atoms with Gasteiger partial charge in [-0.1, -0.05) is 170 Å². The fourth-order valence-electron chi connectivity index (χ4n) is 10.6. The lowest BCUT2D eigenvalue weighted by atomic mass is 9.67. The molecule has 2 heteroatoms. The number of hydrogen-bond acceptors (Lipinski definition) is 2. The van der Waals surface area contributed by atoms with Crippen molar-refractivity contribution in [2.75, 3.05) is 4.90 Å². The van der Waals surface area contributed by atoms with Gasteiger partial charge in [0.2, 0.25) is 0 Å². The van der Waals surface area contributed by atoms with E-state index in [2.05, 4.69) is 230 Å². The summed E-state index contributed by atoms with van der Waals surface area (Å²) in [4.78, 5) is 2.39. The van der Waals surface area contributed by atoms with Crippen LogP contribution in [0.5, 0.6) is 0 Å². The molecule has 12 rings (SSSR count). The summed E-state index contributed by atoms with van der Waals surface area (Å²) in [6.07, 6.45) is 0. The summed E-state index contributed by atoms with van der Waals surface area (Å²) in [6.45, 7) is 2.36. The average Bonchev–Trinajstić information content (AvgIpc) is 3.91. The lowest BCUT2D eigenvalue weighted by Crippen LogP contribution is -2.28. The highest BCUT2D eigenvalue weighted by atomic mass is 16.3. The molecule has 2 nitrogen and oxygen atoms in total. The summed E-state index contributed by atoms with van der Waals surface area (Å²) in [5, 5.41) is 2.21. The molecule has 0 N–H and O–H groups in total. The molecular weight excluding hydrogens is 715 g/mol. The lowest BCUT2D eigenvalue weighted by Gasteiger charge is -2.35. The standard InChI is InChI=1S/C57H39NO/c1-56(50-26-14-11-23-44(50)45-24-12-15-27-51(45)56)40-29-32-48-49-36-42(31-34-54(49)59-55(48)35-40)58(41-21-9-4-10-22-41)43-30-33-47-46-25-13-16-28-52(46)57(53(47)37-43,38-17-5-2-6-18-38)39-19-7-3-8-20-39/h2-37H,1H3. The van der Waals surface area contributed by atoms with Crippen LogP contribution in [0.1, 0.15) is 45.9 Å². The van der Waals surface area contributed by atoms with Crippen molar-refractivity contribution in [1.29, 1.82) is 0 Å².